The molecule has 0 saturated carbocycles. The van der Waals surface area contributed by atoms with Gasteiger partial charge >= 0.3 is 5.97 Å². The number of carbonyl (C=O) groups is 2. The number of aromatic nitrogens is 2. The van der Waals surface area contributed by atoms with Gasteiger partial charge in [0.05, 0.1) is 12.9 Å². The van der Waals surface area contributed by atoms with E-state index in [2.05, 4.69) is 15.3 Å². The second-order valence-corrected chi connectivity index (χ2v) is 7.85. The van der Waals surface area contributed by atoms with Crippen LogP contribution in [0.5, 0.6) is 0 Å². The SMILES string of the molecule is COC(=O)c1c(-c2cc(C)ccc2C)csc1NC(=O)CSc1ncccn1. The lowest BCUT2D eigenvalue weighted by molar-refractivity contribution is -0.113. The molecule has 0 aliphatic heterocycles. The Morgan fingerprint density at radius 3 is 2.64 bits per heavy atom. The fourth-order valence-corrected chi connectivity index (χ4v) is 4.20. The largest absolute Gasteiger partial charge is 0.465 e. The molecule has 1 N–H and O–H groups in total. The van der Waals surface area contributed by atoms with E-state index in [1.165, 1.54) is 30.2 Å². The van der Waals surface area contributed by atoms with Crippen molar-refractivity contribution in [1.82, 2.24) is 9.97 Å². The molecule has 0 bridgehead atoms. The quantitative estimate of drug-likeness (QED) is 0.368. The number of aryl methyl sites for hydroxylation is 2. The third-order valence-electron chi connectivity index (χ3n) is 3.99. The van der Waals surface area contributed by atoms with E-state index in [4.69, 9.17) is 4.74 Å². The van der Waals surface area contributed by atoms with Crippen LogP contribution in [0.25, 0.3) is 11.1 Å². The highest BCUT2D eigenvalue weighted by atomic mass is 32.2. The van der Waals surface area contributed by atoms with Crippen LogP contribution in [-0.4, -0.2) is 34.7 Å². The number of thiophene rings is 1. The van der Waals surface area contributed by atoms with E-state index in [1.807, 2.05) is 37.4 Å². The summed E-state index contributed by atoms with van der Waals surface area (Å²) in [4.78, 5) is 33.0. The van der Waals surface area contributed by atoms with E-state index in [0.717, 1.165) is 22.3 Å². The van der Waals surface area contributed by atoms with Crippen molar-refractivity contribution < 1.29 is 14.3 Å². The monoisotopic (exact) mass is 413 g/mol. The predicted molar refractivity (Wildman–Crippen MR) is 112 cm³/mol. The number of rotatable bonds is 6. The van der Waals surface area contributed by atoms with E-state index < -0.39 is 5.97 Å². The Morgan fingerprint density at radius 2 is 1.93 bits per heavy atom. The molecule has 0 unspecified atom stereocenters. The van der Waals surface area contributed by atoms with Gasteiger partial charge in [-0.05, 0) is 31.0 Å². The summed E-state index contributed by atoms with van der Waals surface area (Å²) in [5.41, 5.74) is 4.21. The summed E-state index contributed by atoms with van der Waals surface area (Å²) in [7, 11) is 1.33. The lowest BCUT2D eigenvalue weighted by Gasteiger charge is -2.10. The number of benzene rings is 1. The van der Waals surface area contributed by atoms with Crippen molar-refractivity contribution in [2.75, 3.05) is 18.2 Å². The molecule has 0 aliphatic rings. The number of amides is 1. The minimum Gasteiger partial charge on any atom is -0.465 e. The van der Waals surface area contributed by atoms with Gasteiger partial charge in [0.15, 0.2) is 5.16 Å². The minimum atomic E-state index is -0.480. The van der Waals surface area contributed by atoms with Crippen LogP contribution in [0, 0.1) is 13.8 Å². The maximum atomic E-state index is 12.5. The lowest BCUT2D eigenvalue weighted by atomic mass is 9.97. The molecule has 144 valence electrons. The number of hydrogen-bond donors (Lipinski definition) is 1. The first-order valence-corrected chi connectivity index (χ1v) is 10.3. The standard InChI is InChI=1S/C20H19N3O3S2/c1-12-5-6-13(2)14(9-12)15-10-27-18(17(15)19(25)26-3)23-16(24)11-28-20-21-7-4-8-22-20/h4-10H,11H2,1-3H3,(H,23,24). The number of thioether (sulfide) groups is 1. The number of anilines is 1. The van der Waals surface area contributed by atoms with Crippen LogP contribution in [0.1, 0.15) is 21.5 Å². The molecule has 0 spiro atoms. The number of hydrogen-bond acceptors (Lipinski definition) is 7. The third-order valence-corrected chi connectivity index (χ3v) is 5.76. The molecule has 8 heteroatoms. The van der Waals surface area contributed by atoms with Crippen LogP contribution in [0.2, 0.25) is 0 Å². The van der Waals surface area contributed by atoms with E-state index in [-0.39, 0.29) is 11.7 Å². The van der Waals surface area contributed by atoms with Crippen LogP contribution in [0.4, 0.5) is 5.00 Å². The summed E-state index contributed by atoms with van der Waals surface area (Å²) in [6, 6.07) is 7.78. The Hall–Kier alpha value is -2.71. The molecule has 3 rings (SSSR count). The van der Waals surface area contributed by atoms with E-state index in [0.29, 0.717) is 15.7 Å². The molecule has 0 radical (unpaired) electrons. The van der Waals surface area contributed by atoms with Crippen LogP contribution < -0.4 is 5.32 Å². The van der Waals surface area contributed by atoms with Crippen LogP contribution in [0.15, 0.2) is 47.2 Å². The smallest absolute Gasteiger partial charge is 0.341 e. The second kappa shape index (κ2) is 8.99. The highest BCUT2D eigenvalue weighted by molar-refractivity contribution is 7.99. The average molecular weight is 414 g/mol. The summed E-state index contributed by atoms with van der Waals surface area (Å²) < 4.78 is 4.97. The van der Waals surface area contributed by atoms with E-state index in [9.17, 15) is 9.59 Å². The Morgan fingerprint density at radius 1 is 1.18 bits per heavy atom. The van der Waals surface area contributed by atoms with E-state index >= 15 is 0 Å². The molecule has 3 aromatic rings. The highest BCUT2D eigenvalue weighted by Crippen LogP contribution is 2.38. The average Bonchev–Trinajstić information content (AvgIpc) is 3.11. The molecule has 0 fully saturated rings. The van der Waals surface area contributed by atoms with Gasteiger partial charge in [0.1, 0.15) is 10.6 Å². The summed E-state index contributed by atoms with van der Waals surface area (Å²) in [6.07, 6.45) is 3.25. The molecular weight excluding hydrogens is 394 g/mol. The summed E-state index contributed by atoms with van der Waals surface area (Å²) in [5.74, 6) is -0.579. The van der Waals surface area contributed by atoms with Gasteiger partial charge in [-0.3, -0.25) is 4.79 Å². The number of ether oxygens (including phenoxy) is 1. The first-order chi connectivity index (χ1) is 13.5. The lowest BCUT2D eigenvalue weighted by Crippen LogP contribution is -2.16. The molecule has 0 saturated heterocycles. The van der Waals surface area contributed by atoms with Gasteiger partial charge in [0.25, 0.3) is 0 Å². The van der Waals surface area contributed by atoms with Gasteiger partial charge in [0, 0.05) is 23.3 Å². The second-order valence-electron chi connectivity index (χ2n) is 6.03. The van der Waals surface area contributed by atoms with Crippen molar-refractivity contribution in [3.8, 4) is 11.1 Å². The molecule has 28 heavy (non-hydrogen) atoms. The highest BCUT2D eigenvalue weighted by Gasteiger charge is 2.23. The Kier molecular flexibility index (Phi) is 6.43. The summed E-state index contributed by atoms with van der Waals surface area (Å²) >= 11 is 2.54. The maximum Gasteiger partial charge on any atom is 0.341 e. The Labute approximate surface area is 171 Å². The molecule has 2 heterocycles. The number of nitrogens with one attached hydrogen (secondary N) is 1. The van der Waals surface area contributed by atoms with Gasteiger partial charge in [-0.1, -0.05) is 35.5 Å². The maximum absolute atomic E-state index is 12.5. The van der Waals surface area contributed by atoms with Gasteiger partial charge in [-0.2, -0.15) is 0 Å². The number of methoxy groups -OCH3 is 1. The van der Waals surface area contributed by atoms with Gasteiger partial charge in [-0.15, -0.1) is 11.3 Å². The predicted octanol–water partition coefficient (Wildman–Crippen LogP) is 4.34. The molecule has 1 aromatic carbocycles. The molecule has 2 aromatic heterocycles. The van der Waals surface area contributed by atoms with Crippen molar-refractivity contribution in [1.29, 1.82) is 0 Å². The Bertz CT molecular complexity index is 1000. The third kappa shape index (κ3) is 4.58. The molecular formula is C20H19N3O3S2. The van der Waals surface area contributed by atoms with Crippen molar-refractivity contribution in [2.45, 2.75) is 19.0 Å². The van der Waals surface area contributed by atoms with Crippen LogP contribution in [0.3, 0.4) is 0 Å². The zero-order valence-corrected chi connectivity index (χ0v) is 17.3. The van der Waals surface area contributed by atoms with Crippen LogP contribution >= 0.6 is 23.1 Å². The first-order valence-electron chi connectivity index (χ1n) is 8.46. The molecule has 0 aliphatic carbocycles. The molecule has 1 amide bonds. The van der Waals surface area contributed by atoms with Gasteiger partial charge in [0.2, 0.25) is 5.91 Å². The number of nitrogens with zero attached hydrogens (tertiary/aromatic N) is 2. The number of esters is 1. The molecule has 6 nitrogen and oxygen atoms in total. The van der Waals surface area contributed by atoms with E-state index in [1.54, 1.807) is 18.5 Å². The Balaban J connectivity index is 1.85. The fourth-order valence-electron chi connectivity index (χ4n) is 2.63. The fraction of sp³-hybridized carbons (Fsp3) is 0.200. The van der Waals surface area contributed by atoms with Crippen LogP contribution in [-0.2, 0) is 9.53 Å². The normalized spacial score (nSPS) is 10.5. The minimum absolute atomic E-state index is 0.140. The van der Waals surface area contributed by atoms with Crippen molar-refractivity contribution in [3.63, 3.8) is 0 Å². The summed E-state index contributed by atoms with van der Waals surface area (Å²) in [5, 5.41) is 5.69. The molecule has 0 atom stereocenters. The summed E-state index contributed by atoms with van der Waals surface area (Å²) in [6.45, 7) is 3.99. The van der Waals surface area contributed by atoms with Crippen molar-refractivity contribution >= 4 is 40.0 Å². The number of carbonyl (C=O) groups excluding carboxylic acids is 2. The van der Waals surface area contributed by atoms with Crippen molar-refractivity contribution in [2.24, 2.45) is 0 Å². The van der Waals surface area contributed by atoms with Gasteiger partial charge in [-0.25, -0.2) is 14.8 Å². The zero-order chi connectivity index (χ0) is 20.1. The van der Waals surface area contributed by atoms with Crippen molar-refractivity contribution in [3.05, 3.63) is 58.7 Å². The zero-order valence-electron chi connectivity index (χ0n) is 15.7. The first kappa shape index (κ1) is 20.0. The van der Waals surface area contributed by atoms with Gasteiger partial charge < -0.3 is 10.1 Å². The topological polar surface area (TPSA) is 81.2 Å².